The van der Waals surface area contributed by atoms with Gasteiger partial charge in [0.05, 0.1) is 23.9 Å². The molecule has 0 N–H and O–H groups in total. The average Bonchev–Trinajstić information content (AvgIpc) is 2.84. The van der Waals surface area contributed by atoms with Gasteiger partial charge in [0.1, 0.15) is 23.2 Å². The third kappa shape index (κ3) is 4.81. The second-order valence-electron chi connectivity index (χ2n) is 7.28. The monoisotopic (exact) mass is 524 g/mol. The Balaban J connectivity index is 0.00000289. The maximum Gasteiger partial charge on any atom is 0.339 e. The Morgan fingerprint density at radius 2 is 1.19 bits per heavy atom. The highest BCUT2D eigenvalue weighted by atomic mass is 79.9. The highest BCUT2D eigenvalue weighted by Crippen LogP contribution is 2.58. The zero-order valence-electron chi connectivity index (χ0n) is 17.6. The minimum absolute atomic E-state index is 0. The largest absolute Gasteiger partial charge is 1.00 e. The molecule has 0 amide bonds. The van der Waals surface area contributed by atoms with Gasteiger partial charge in [0.25, 0.3) is 0 Å². The molecule has 32 heavy (non-hydrogen) atoms. The van der Waals surface area contributed by atoms with Crippen LogP contribution in [0.2, 0.25) is 5.02 Å². The molecule has 0 spiro atoms. The first-order chi connectivity index (χ1) is 15.1. The van der Waals surface area contributed by atoms with Gasteiger partial charge in [-0.2, -0.15) is 0 Å². The van der Waals surface area contributed by atoms with Crippen LogP contribution in [0.25, 0.3) is 0 Å². The molecule has 0 aliphatic carbocycles. The van der Waals surface area contributed by atoms with Crippen molar-refractivity contribution in [2.45, 2.75) is 6.16 Å². The Morgan fingerprint density at radius 1 is 0.750 bits per heavy atom. The van der Waals surface area contributed by atoms with Gasteiger partial charge in [-0.05, 0) is 54.1 Å². The van der Waals surface area contributed by atoms with Gasteiger partial charge in [-0.1, -0.05) is 72.3 Å². The zero-order chi connectivity index (χ0) is 21.7. The van der Waals surface area contributed by atoms with Crippen LogP contribution in [0.5, 0.6) is 0 Å². The molecule has 0 aliphatic heterocycles. The third-order valence-electron chi connectivity index (χ3n) is 5.45. The van der Waals surface area contributed by atoms with Crippen LogP contribution in [0.15, 0.2) is 109 Å². The van der Waals surface area contributed by atoms with Crippen molar-refractivity contribution in [3.05, 3.63) is 125 Å². The summed E-state index contributed by atoms with van der Waals surface area (Å²) in [6.07, 6.45) is 0.798. The van der Waals surface area contributed by atoms with E-state index in [1.807, 2.05) is 12.1 Å². The summed E-state index contributed by atoms with van der Waals surface area (Å²) in [6, 6.07) is 37.7. The van der Waals surface area contributed by atoms with Gasteiger partial charge in [-0.15, -0.1) is 0 Å². The molecule has 2 nitrogen and oxygen atoms in total. The molecule has 4 aromatic rings. The van der Waals surface area contributed by atoms with Crippen LogP contribution in [0.3, 0.4) is 0 Å². The minimum atomic E-state index is -2.02. The Morgan fingerprint density at radius 3 is 1.56 bits per heavy atom. The lowest BCUT2D eigenvalue weighted by atomic mass is 10.1. The van der Waals surface area contributed by atoms with Gasteiger partial charge >= 0.3 is 5.97 Å². The van der Waals surface area contributed by atoms with Crippen LogP contribution >= 0.6 is 18.9 Å². The van der Waals surface area contributed by atoms with Gasteiger partial charge < -0.3 is 21.7 Å². The molecule has 0 bridgehead atoms. The van der Waals surface area contributed by atoms with Crippen molar-refractivity contribution in [2.24, 2.45) is 0 Å². The molecular weight excluding hydrogens is 503 g/mol. The molecule has 0 unspecified atom stereocenters. The average molecular weight is 526 g/mol. The number of halogens is 2. The van der Waals surface area contributed by atoms with Crippen LogP contribution in [-0.2, 0) is 10.9 Å². The standard InChI is InChI=1S/C27H23ClO2P.BrH/c1-30-27(29)25-18-17-21(19-26(25)28)20-31(22-11-5-2-6-12-22,23-13-7-3-8-14-23)24-15-9-4-10-16-24;/h2-19H,20H2,1H3;1H/q+1;/p-1. The Labute approximate surface area is 205 Å². The lowest BCUT2D eigenvalue weighted by Gasteiger charge is -2.28. The molecular formula is C27H23BrClO2P. The number of carbonyl (C=O) groups is 1. The molecule has 0 fully saturated rings. The first-order valence-corrected chi connectivity index (χ1v) is 12.4. The van der Waals surface area contributed by atoms with E-state index in [1.54, 1.807) is 6.07 Å². The Bertz CT molecular complexity index is 1070. The van der Waals surface area contributed by atoms with E-state index in [9.17, 15) is 4.79 Å². The molecule has 0 atom stereocenters. The maximum absolute atomic E-state index is 12.0. The van der Waals surface area contributed by atoms with Crippen molar-refractivity contribution in [3.8, 4) is 0 Å². The first kappa shape index (κ1) is 24.2. The molecule has 162 valence electrons. The van der Waals surface area contributed by atoms with Crippen LogP contribution in [0.4, 0.5) is 0 Å². The van der Waals surface area contributed by atoms with Crippen LogP contribution in [-0.4, -0.2) is 13.1 Å². The second-order valence-corrected chi connectivity index (χ2v) is 11.2. The number of ether oxygens (including phenoxy) is 1. The van der Waals surface area contributed by atoms with Crippen molar-refractivity contribution in [2.75, 3.05) is 7.11 Å². The van der Waals surface area contributed by atoms with Gasteiger partial charge in [-0.25, -0.2) is 4.79 Å². The van der Waals surface area contributed by atoms with E-state index < -0.39 is 13.2 Å². The SMILES string of the molecule is COC(=O)c1ccc(C[P+](c2ccccc2)(c2ccccc2)c2ccccc2)cc1Cl.[Br-]. The lowest BCUT2D eigenvalue weighted by molar-refractivity contribution is -0.0000206. The fraction of sp³-hybridized carbons (Fsp3) is 0.0741. The van der Waals surface area contributed by atoms with Crippen LogP contribution < -0.4 is 32.9 Å². The predicted octanol–water partition coefficient (Wildman–Crippen LogP) is 2.62. The third-order valence-corrected chi connectivity index (χ3v) is 10.1. The van der Waals surface area contributed by atoms with E-state index in [0.29, 0.717) is 10.6 Å². The zero-order valence-corrected chi connectivity index (χ0v) is 20.9. The number of rotatable bonds is 6. The predicted molar refractivity (Wildman–Crippen MR) is 132 cm³/mol. The van der Waals surface area contributed by atoms with E-state index in [1.165, 1.54) is 23.0 Å². The number of benzene rings is 4. The first-order valence-electron chi connectivity index (χ1n) is 10.1. The van der Waals surface area contributed by atoms with E-state index in [2.05, 4.69) is 91.0 Å². The highest BCUT2D eigenvalue weighted by molar-refractivity contribution is 7.95. The van der Waals surface area contributed by atoms with E-state index in [4.69, 9.17) is 16.3 Å². The molecule has 0 aromatic heterocycles. The molecule has 5 heteroatoms. The summed E-state index contributed by atoms with van der Waals surface area (Å²) >= 11 is 6.48. The van der Waals surface area contributed by atoms with Crippen LogP contribution in [0.1, 0.15) is 15.9 Å². The maximum atomic E-state index is 12.0. The van der Waals surface area contributed by atoms with Crippen molar-refractivity contribution in [1.82, 2.24) is 0 Å². The van der Waals surface area contributed by atoms with Crippen molar-refractivity contribution in [1.29, 1.82) is 0 Å². The minimum Gasteiger partial charge on any atom is -1.00 e. The second kappa shape index (κ2) is 10.9. The number of hydrogen-bond donors (Lipinski definition) is 0. The molecule has 0 heterocycles. The van der Waals surface area contributed by atoms with Crippen molar-refractivity contribution in [3.63, 3.8) is 0 Å². The number of methoxy groups -OCH3 is 1. The Kier molecular flexibility index (Phi) is 8.26. The summed E-state index contributed by atoms with van der Waals surface area (Å²) in [4.78, 5) is 12.0. The lowest BCUT2D eigenvalue weighted by Crippen LogP contribution is -3.00. The molecule has 4 rings (SSSR count). The van der Waals surface area contributed by atoms with E-state index >= 15 is 0 Å². The summed E-state index contributed by atoms with van der Waals surface area (Å²) in [5.74, 6) is -0.424. The molecule has 0 saturated heterocycles. The molecule has 0 aliphatic rings. The summed E-state index contributed by atoms with van der Waals surface area (Å²) in [5, 5.41) is 4.33. The normalized spacial score (nSPS) is 10.8. The van der Waals surface area contributed by atoms with Gasteiger partial charge in [-0.3, -0.25) is 0 Å². The fourth-order valence-corrected chi connectivity index (χ4v) is 8.48. The summed E-state index contributed by atoms with van der Waals surface area (Å²) in [5.41, 5.74) is 1.47. The molecule has 4 aromatic carbocycles. The molecule has 0 radical (unpaired) electrons. The number of carbonyl (C=O) groups excluding carboxylic acids is 1. The van der Waals surface area contributed by atoms with Crippen molar-refractivity contribution < 1.29 is 26.5 Å². The Hall–Kier alpha value is -2.45. The summed E-state index contributed by atoms with van der Waals surface area (Å²) in [7, 11) is -0.651. The number of hydrogen-bond acceptors (Lipinski definition) is 2. The van der Waals surface area contributed by atoms with Crippen molar-refractivity contribution >= 4 is 40.7 Å². The topological polar surface area (TPSA) is 26.3 Å². The smallest absolute Gasteiger partial charge is 0.339 e. The van der Waals surface area contributed by atoms with E-state index in [-0.39, 0.29) is 17.0 Å². The van der Waals surface area contributed by atoms with Gasteiger partial charge in [0.15, 0.2) is 0 Å². The van der Waals surface area contributed by atoms with E-state index in [0.717, 1.165) is 11.7 Å². The van der Waals surface area contributed by atoms with Gasteiger partial charge in [0.2, 0.25) is 0 Å². The van der Waals surface area contributed by atoms with Gasteiger partial charge in [0, 0.05) is 0 Å². The summed E-state index contributed by atoms with van der Waals surface area (Å²) < 4.78 is 4.85. The summed E-state index contributed by atoms with van der Waals surface area (Å²) in [6.45, 7) is 0. The van der Waals surface area contributed by atoms with Crippen LogP contribution in [0, 0.1) is 0 Å². The fourth-order valence-electron chi connectivity index (χ4n) is 3.97. The quantitative estimate of drug-likeness (QED) is 0.286. The molecule has 0 saturated carbocycles. The number of esters is 1. The highest BCUT2D eigenvalue weighted by Gasteiger charge is 2.45.